The minimum atomic E-state index is 0.152. The molecule has 1 fully saturated rings. The van der Waals surface area contributed by atoms with Crippen molar-refractivity contribution in [3.05, 3.63) is 46.2 Å². The fraction of sp³-hybridized carbons (Fsp3) is 0.450. The van der Waals surface area contributed by atoms with Gasteiger partial charge < -0.3 is 9.47 Å². The summed E-state index contributed by atoms with van der Waals surface area (Å²) in [7, 11) is 0. The number of carbonyl (C=O) groups excluding carboxylic acids is 1. The summed E-state index contributed by atoms with van der Waals surface area (Å²) in [5, 5.41) is 0. The lowest BCUT2D eigenvalue weighted by atomic mass is 10.1. The Balaban J connectivity index is 1.61. The van der Waals surface area contributed by atoms with Gasteiger partial charge in [0.15, 0.2) is 0 Å². The normalized spacial score (nSPS) is 17.5. The number of amides is 1. The predicted octanol–water partition coefficient (Wildman–Crippen LogP) is 4.09. The summed E-state index contributed by atoms with van der Waals surface area (Å²) in [6.07, 6.45) is 4.66. The van der Waals surface area contributed by atoms with Crippen molar-refractivity contribution in [2.24, 2.45) is 5.92 Å². The van der Waals surface area contributed by atoms with Gasteiger partial charge in [-0.1, -0.05) is 13.8 Å². The maximum absolute atomic E-state index is 12.8. The van der Waals surface area contributed by atoms with Gasteiger partial charge in [-0.15, -0.1) is 11.3 Å². The van der Waals surface area contributed by atoms with Crippen LogP contribution in [0.3, 0.4) is 0 Å². The number of thiophene rings is 1. The standard InChI is InChI=1S/C20H24N4OS/c1-13(2)11-24-17-10-21-8-6-16(17)22-19(24)15-7-9-23(12-15)20(25)18-5-4-14(3)26-18/h4-6,8,10,13,15H,7,9,11-12H2,1-3H3. The molecular weight excluding hydrogens is 344 g/mol. The van der Waals surface area contributed by atoms with Crippen molar-refractivity contribution in [1.29, 1.82) is 0 Å². The number of pyridine rings is 1. The summed E-state index contributed by atoms with van der Waals surface area (Å²) in [4.78, 5) is 26.0. The van der Waals surface area contributed by atoms with E-state index in [1.54, 1.807) is 17.5 Å². The van der Waals surface area contributed by atoms with Crippen molar-refractivity contribution in [2.75, 3.05) is 13.1 Å². The molecule has 0 spiro atoms. The molecule has 3 aromatic heterocycles. The van der Waals surface area contributed by atoms with E-state index in [0.29, 0.717) is 5.92 Å². The molecule has 0 saturated carbocycles. The predicted molar refractivity (Wildman–Crippen MR) is 105 cm³/mol. The molecule has 4 heterocycles. The molecule has 4 rings (SSSR count). The highest BCUT2D eigenvalue weighted by molar-refractivity contribution is 7.13. The van der Waals surface area contributed by atoms with Crippen LogP contribution in [0.15, 0.2) is 30.6 Å². The van der Waals surface area contributed by atoms with Gasteiger partial charge in [-0.25, -0.2) is 4.98 Å². The van der Waals surface area contributed by atoms with E-state index in [2.05, 4.69) is 23.4 Å². The zero-order valence-corrected chi connectivity index (χ0v) is 16.3. The van der Waals surface area contributed by atoms with Gasteiger partial charge in [-0.05, 0) is 37.5 Å². The molecule has 136 valence electrons. The Morgan fingerprint density at radius 2 is 2.19 bits per heavy atom. The average Bonchev–Trinajstić information content (AvgIpc) is 3.33. The van der Waals surface area contributed by atoms with Crippen LogP contribution in [0.4, 0.5) is 0 Å². The van der Waals surface area contributed by atoms with Gasteiger partial charge in [-0.2, -0.15) is 0 Å². The summed E-state index contributed by atoms with van der Waals surface area (Å²) in [6.45, 7) is 8.93. The molecule has 0 N–H and O–H groups in total. The molecule has 1 saturated heterocycles. The highest BCUT2D eigenvalue weighted by atomic mass is 32.1. The minimum Gasteiger partial charge on any atom is -0.337 e. The molecule has 0 bridgehead atoms. The molecule has 26 heavy (non-hydrogen) atoms. The van der Waals surface area contributed by atoms with E-state index < -0.39 is 0 Å². The zero-order chi connectivity index (χ0) is 18.3. The summed E-state index contributed by atoms with van der Waals surface area (Å²) in [5.74, 6) is 2.06. The highest BCUT2D eigenvalue weighted by Gasteiger charge is 2.32. The van der Waals surface area contributed by atoms with E-state index in [4.69, 9.17) is 4.98 Å². The van der Waals surface area contributed by atoms with Crippen LogP contribution in [0, 0.1) is 12.8 Å². The molecule has 3 aromatic rings. The molecule has 0 aliphatic carbocycles. The van der Waals surface area contributed by atoms with Crippen LogP contribution in [-0.4, -0.2) is 38.4 Å². The van der Waals surface area contributed by atoms with Crippen molar-refractivity contribution in [3.63, 3.8) is 0 Å². The van der Waals surface area contributed by atoms with Crippen LogP contribution >= 0.6 is 11.3 Å². The Kier molecular flexibility index (Phi) is 4.53. The molecule has 1 aliphatic heterocycles. The van der Waals surface area contributed by atoms with Crippen molar-refractivity contribution in [3.8, 4) is 0 Å². The number of likely N-dealkylation sites (tertiary alicyclic amines) is 1. The quantitative estimate of drug-likeness (QED) is 0.697. The fourth-order valence-corrected chi connectivity index (χ4v) is 4.55. The first kappa shape index (κ1) is 17.2. The largest absolute Gasteiger partial charge is 0.337 e. The van der Waals surface area contributed by atoms with Crippen LogP contribution in [0.5, 0.6) is 0 Å². The Bertz CT molecular complexity index is 942. The molecule has 1 atom stereocenters. The Labute approximate surface area is 157 Å². The van der Waals surface area contributed by atoms with Crippen molar-refractivity contribution in [1.82, 2.24) is 19.4 Å². The Morgan fingerprint density at radius 3 is 2.92 bits per heavy atom. The van der Waals surface area contributed by atoms with Gasteiger partial charge >= 0.3 is 0 Å². The second-order valence-electron chi connectivity index (χ2n) is 7.49. The van der Waals surface area contributed by atoms with Crippen LogP contribution in [0.1, 0.15) is 46.6 Å². The molecule has 1 amide bonds. The lowest BCUT2D eigenvalue weighted by Crippen LogP contribution is -2.28. The smallest absolute Gasteiger partial charge is 0.263 e. The van der Waals surface area contributed by atoms with Crippen molar-refractivity contribution >= 4 is 28.3 Å². The number of hydrogen-bond donors (Lipinski definition) is 0. The fourth-order valence-electron chi connectivity index (χ4n) is 3.72. The summed E-state index contributed by atoms with van der Waals surface area (Å²) >= 11 is 1.57. The second kappa shape index (κ2) is 6.83. The van der Waals surface area contributed by atoms with E-state index in [9.17, 15) is 4.79 Å². The number of carbonyl (C=O) groups is 1. The topological polar surface area (TPSA) is 51.0 Å². The third-order valence-electron chi connectivity index (χ3n) is 4.92. The highest BCUT2D eigenvalue weighted by Crippen LogP contribution is 2.31. The van der Waals surface area contributed by atoms with E-state index in [-0.39, 0.29) is 11.8 Å². The average molecular weight is 369 g/mol. The molecule has 0 radical (unpaired) electrons. The van der Waals surface area contributed by atoms with Gasteiger partial charge in [-0.3, -0.25) is 9.78 Å². The Hall–Kier alpha value is -2.21. The molecule has 5 nitrogen and oxygen atoms in total. The van der Waals surface area contributed by atoms with E-state index in [1.807, 2.05) is 36.2 Å². The molecule has 1 unspecified atom stereocenters. The number of fused-ring (bicyclic) bond motifs is 1. The minimum absolute atomic E-state index is 0.152. The molecule has 1 aliphatic rings. The van der Waals surface area contributed by atoms with Crippen molar-refractivity contribution < 1.29 is 4.79 Å². The molecule has 0 aromatic carbocycles. The SMILES string of the molecule is Cc1ccc(C(=O)N2CCC(c3nc4ccncc4n3CC(C)C)C2)s1. The van der Waals surface area contributed by atoms with Crippen LogP contribution in [0.2, 0.25) is 0 Å². The number of aromatic nitrogens is 3. The first-order chi connectivity index (χ1) is 12.5. The van der Waals surface area contributed by atoms with Gasteiger partial charge in [0.05, 0.1) is 22.1 Å². The van der Waals surface area contributed by atoms with Gasteiger partial charge in [0.2, 0.25) is 0 Å². The van der Waals surface area contributed by atoms with Crippen LogP contribution in [0.25, 0.3) is 11.0 Å². The number of aryl methyl sites for hydroxylation is 1. The van der Waals surface area contributed by atoms with Gasteiger partial charge in [0.1, 0.15) is 5.82 Å². The Morgan fingerprint density at radius 1 is 1.35 bits per heavy atom. The number of rotatable bonds is 4. The monoisotopic (exact) mass is 368 g/mol. The number of hydrogen-bond acceptors (Lipinski definition) is 4. The van der Waals surface area contributed by atoms with E-state index in [1.165, 1.54) is 4.88 Å². The van der Waals surface area contributed by atoms with Crippen molar-refractivity contribution in [2.45, 2.75) is 39.7 Å². The van der Waals surface area contributed by atoms with Gasteiger partial charge in [0.25, 0.3) is 5.91 Å². The van der Waals surface area contributed by atoms with Crippen LogP contribution < -0.4 is 0 Å². The first-order valence-electron chi connectivity index (χ1n) is 9.18. The third kappa shape index (κ3) is 3.14. The summed E-state index contributed by atoms with van der Waals surface area (Å²) in [6, 6.07) is 5.93. The number of nitrogens with zero attached hydrogens (tertiary/aromatic N) is 4. The molecular formula is C20H24N4OS. The lowest BCUT2D eigenvalue weighted by molar-refractivity contribution is 0.0795. The third-order valence-corrected chi connectivity index (χ3v) is 5.91. The maximum Gasteiger partial charge on any atom is 0.263 e. The van der Waals surface area contributed by atoms with E-state index >= 15 is 0 Å². The first-order valence-corrected chi connectivity index (χ1v) is 10.0. The summed E-state index contributed by atoms with van der Waals surface area (Å²) < 4.78 is 2.31. The van der Waals surface area contributed by atoms with Crippen LogP contribution in [-0.2, 0) is 6.54 Å². The van der Waals surface area contributed by atoms with E-state index in [0.717, 1.165) is 47.8 Å². The van der Waals surface area contributed by atoms with Gasteiger partial charge in [0, 0.05) is 36.6 Å². The maximum atomic E-state index is 12.8. The number of imidazole rings is 1. The molecule has 6 heteroatoms. The zero-order valence-electron chi connectivity index (χ0n) is 15.5. The lowest BCUT2D eigenvalue weighted by Gasteiger charge is -2.17. The second-order valence-corrected chi connectivity index (χ2v) is 8.77. The summed E-state index contributed by atoms with van der Waals surface area (Å²) in [5.41, 5.74) is 2.09.